The molecule has 0 saturated carbocycles. The van der Waals surface area contributed by atoms with E-state index < -0.39 is 0 Å². The molecule has 0 aliphatic carbocycles. The van der Waals surface area contributed by atoms with Crippen LogP contribution in [0, 0.1) is 13.8 Å². The number of nitrogens with zero attached hydrogens (tertiary/aromatic N) is 1. The number of allylic oxidation sites excluding steroid dienone is 2. The number of anilines is 1. The van der Waals surface area contributed by atoms with E-state index in [0.717, 1.165) is 28.0 Å². The van der Waals surface area contributed by atoms with Crippen molar-refractivity contribution in [3.63, 3.8) is 0 Å². The molecular formula is C24H28N2O5. The highest BCUT2D eigenvalue weighted by atomic mass is 16.5. The Morgan fingerprint density at radius 2 is 1.94 bits per heavy atom. The zero-order chi connectivity index (χ0) is 22.5. The Balaban J connectivity index is 1.72. The Morgan fingerprint density at radius 1 is 1.19 bits per heavy atom. The lowest BCUT2D eigenvalue weighted by Gasteiger charge is -2.18. The van der Waals surface area contributed by atoms with Gasteiger partial charge in [0.2, 0.25) is 5.91 Å². The van der Waals surface area contributed by atoms with Gasteiger partial charge in [0.05, 0.1) is 14.2 Å². The first-order valence-electron chi connectivity index (χ1n) is 10.2. The van der Waals surface area contributed by atoms with E-state index in [0.29, 0.717) is 42.1 Å². The number of amides is 1. The van der Waals surface area contributed by atoms with Crippen LogP contribution in [0.15, 0.2) is 29.8 Å². The molecule has 2 aromatic rings. The van der Waals surface area contributed by atoms with Gasteiger partial charge >= 0.3 is 5.97 Å². The van der Waals surface area contributed by atoms with Gasteiger partial charge in [-0.3, -0.25) is 4.79 Å². The number of benzene rings is 1. The highest BCUT2D eigenvalue weighted by Gasteiger charge is 2.32. The molecule has 0 fully saturated rings. The predicted molar refractivity (Wildman–Crippen MR) is 118 cm³/mol. The molecule has 1 aromatic heterocycles. The van der Waals surface area contributed by atoms with Crippen LogP contribution < -0.4 is 14.8 Å². The standard InChI is InChI=1S/C24H28N2O5/c1-14(10-12-20(27)26-19-8-6-7-15(2)25-19)9-11-17-22(29-4)16(3)18-13-31-24(28)21(18)23(17)30-5/h6-9H,10-13H2,1-5H3,(H,25,26,27)/b14-9+. The summed E-state index contributed by atoms with van der Waals surface area (Å²) in [6.07, 6.45) is 3.50. The third kappa shape index (κ3) is 4.87. The van der Waals surface area contributed by atoms with E-state index in [4.69, 9.17) is 14.2 Å². The fraction of sp³-hybridized carbons (Fsp3) is 0.375. The first-order chi connectivity index (χ1) is 14.8. The second kappa shape index (κ2) is 9.64. The molecule has 1 amide bonds. The number of nitrogens with one attached hydrogen (secondary N) is 1. The SMILES string of the molecule is COc1c(C)c2c(c(OC)c1C/C=C(\C)CCC(=O)Nc1cccc(C)n1)C(=O)OC2. The largest absolute Gasteiger partial charge is 0.496 e. The van der Waals surface area contributed by atoms with Crippen molar-refractivity contribution in [2.75, 3.05) is 19.5 Å². The smallest absolute Gasteiger partial charge is 0.342 e. The van der Waals surface area contributed by atoms with E-state index >= 15 is 0 Å². The second-order valence-electron chi connectivity index (χ2n) is 7.57. The second-order valence-corrected chi connectivity index (χ2v) is 7.57. The zero-order valence-electron chi connectivity index (χ0n) is 18.6. The number of carbonyl (C=O) groups is 2. The van der Waals surface area contributed by atoms with Gasteiger partial charge in [-0.05, 0) is 51.3 Å². The number of esters is 1. The van der Waals surface area contributed by atoms with Gasteiger partial charge < -0.3 is 19.5 Å². The minimum absolute atomic E-state index is 0.0860. The third-order valence-corrected chi connectivity index (χ3v) is 5.39. The molecule has 0 bridgehead atoms. The predicted octanol–water partition coefficient (Wildman–Crippen LogP) is 4.29. The number of hydrogen-bond acceptors (Lipinski definition) is 6. The van der Waals surface area contributed by atoms with Gasteiger partial charge in [-0.2, -0.15) is 0 Å². The number of aromatic nitrogens is 1. The number of fused-ring (bicyclic) bond motifs is 1. The topological polar surface area (TPSA) is 86.8 Å². The third-order valence-electron chi connectivity index (χ3n) is 5.39. The van der Waals surface area contributed by atoms with Crippen LogP contribution in [0.4, 0.5) is 5.82 Å². The fourth-order valence-electron chi connectivity index (χ4n) is 3.74. The average Bonchev–Trinajstić information content (AvgIpc) is 3.13. The molecule has 0 atom stereocenters. The van der Waals surface area contributed by atoms with Crippen LogP contribution in [0.5, 0.6) is 11.5 Å². The Labute approximate surface area is 182 Å². The summed E-state index contributed by atoms with van der Waals surface area (Å²) >= 11 is 0. The molecular weight excluding hydrogens is 396 g/mol. The molecule has 1 aromatic carbocycles. The van der Waals surface area contributed by atoms with Gasteiger partial charge in [0.25, 0.3) is 0 Å². The molecule has 7 nitrogen and oxygen atoms in total. The van der Waals surface area contributed by atoms with Crippen molar-refractivity contribution in [3.8, 4) is 11.5 Å². The number of aryl methyl sites for hydroxylation is 1. The summed E-state index contributed by atoms with van der Waals surface area (Å²) < 4.78 is 16.4. The lowest BCUT2D eigenvalue weighted by molar-refractivity contribution is -0.116. The molecule has 1 aliphatic rings. The fourth-order valence-corrected chi connectivity index (χ4v) is 3.74. The monoisotopic (exact) mass is 424 g/mol. The Morgan fingerprint density at radius 3 is 2.61 bits per heavy atom. The summed E-state index contributed by atoms with van der Waals surface area (Å²) in [4.78, 5) is 28.8. The number of hydrogen-bond donors (Lipinski definition) is 1. The highest BCUT2D eigenvalue weighted by Crippen LogP contribution is 2.42. The number of cyclic esters (lactones) is 1. The molecule has 0 spiro atoms. The summed E-state index contributed by atoms with van der Waals surface area (Å²) in [6, 6.07) is 5.51. The van der Waals surface area contributed by atoms with Crippen LogP contribution in [0.3, 0.4) is 0 Å². The summed E-state index contributed by atoms with van der Waals surface area (Å²) in [7, 11) is 3.15. The van der Waals surface area contributed by atoms with Crippen molar-refractivity contribution in [2.45, 2.75) is 46.6 Å². The van der Waals surface area contributed by atoms with E-state index in [1.165, 1.54) is 0 Å². The van der Waals surface area contributed by atoms with Crippen molar-refractivity contribution in [1.29, 1.82) is 0 Å². The molecule has 1 N–H and O–H groups in total. The maximum absolute atomic E-state index is 12.2. The molecule has 0 saturated heterocycles. The molecule has 0 unspecified atom stereocenters. The van der Waals surface area contributed by atoms with Gasteiger partial charge in [0, 0.05) is 23.2 Å². The van der Waals surface area contributed by atoms with Crippen molar-refractivity contribution in [1.82, 2.24) is 4.98 Å². The minimum atomic E-state index is -0.374. The van der Waals surface area contributed by atoms with Crippen LogP contribution in [0.25, 0.3) is 0 Å². The van der Waals surface area contributed by atoms with Gasteiger partial charge in [-0.15, -0.1) is 0 Å². The molecule has 31 heavy (non-hydrogen) atoms. The van der Waals surface area contributed by atoms with Gasteiger partial charge in [-0.1, -0.05) is 17.7 Å². The molecule has 7 heteroatoms. The van der Waals surface area contributed by atoms with E-state index in [2.05, 4.69) is 10.3 Å². The maximum Gasteiger partial charge on any atom is 0.342 e. The van der Waals surface area contributed by atoms with E-state index in [1.54, 1.807) is 20.3 Å². The van der Waals surface area contributed by atoms with Crippen molar-refractivity contribution in [3.05, 3.63) is 57.8 Å². The lowest BCUT2D eigenvalue weighted by Crippen LogP contribution is -2.12. The maximum atomic E-state index is 12.2. The molecule has 164 valence electrons. The molecule has 0 radical (unpaired) electrons. The lowest BCUT2D eigenvalue weighted by atomic mass is 9.94. The summed E-state index contributed by atoms with van der Waals surface area (Å²) in [5.74, 6) is 1.29. The Hall–Kier alpha value is -3.35. The summed E-state index contributed by atoms with van der Waals surface area (Å²) in [6.45, 7) is 6.01. The van der Waals surface area contributed by atoms with Gasteiger partial charge in [0.1, 0.15) is 29.5 Å². The van der Waals surface area contributed by atoms with Crippen molar-refractivity contribution < 1.29 is 23.8 Å². The van der Waals surface area contributed by atoms with Crippen LogP contribution in [-0.4, -0.2) is 31.1 Å². The number of rotatable bonds is 8. The van der Waals surface area contributed by atoms with E-state index in [-0.39, 0.29) is 18.5 Å². The van der Waals surface area contributed by atoms with Crippen molar-refractivity contribution in [2.24, 2.45) is 0 Å². The number of carbonyl (C=O) groups excluding carboxylic acids is 2. The number of pyridine rings is 1. The van der Waals surface area contributed by atoms with Crippen molar-refractivity contribution >= 4 is 17.7 Å². The summed E-state index contributed by atoms with van der Waals surface area (Å²) in [5, 5.41) is 2.82. The van der Waals surface area contributed by atoms with Crippen LogP contribution in [0.1, 0.15) is 52.5 Å². The van der Waals surface area contributed by atoms with E-state index in [9.17, 15) is 9.59 Å². The van der Waals surface area contributed by atoms with Crippen LogP contribution in [-0.2, 0) is 22.6 Å². The number of methoxy groups -OCH3 is 2. The normalized spacial score (nSPS) is 12.9. The van der Waals surface area contributed by atoms with E-state index in [1.807, 2.05) is 39.0 Å². The quantitative estimate of drug-likeness (QED) is 0.502. The Bertz CT molecular complexity index is 1040. The van der Waals surface area contributed by atoms with Crippen LogP contribution >= 0.6 is 0 Å². The molecule has 1 aliphatic heterocycles. The first-order valence-corrected chi connectivity index (χ1v) is 10.2. The highest BCUT2D eigenvalue weighted by molar-refractivity contribution is 5.98. The average molecular weight is 424 g/mol. The first kappa shape index (κ1) is 22.3. The number of ether oxygens (including phenoxy) is 3. The molecule has 2 heterocycles. The van der Waals surface area contributed by atoms with Gasteiger partial charge in [0.15, 0.2) is 0 Å². The zero-order valence-corrected chi connectivity index (χ0v) is 18.6. The van der Waals surface area contributed by atoms with Crippen LogP contribution in [0.2, 0.25) is 0 Å². The summed E-state index contributed by atoms with van der Waals surface area (Å²) in [5.41, 5.74) is 4.88. The minimum Gasteiger partial charge on any atom is -0.496 e. The Kier molecular flexibility index (Phi) is 6.95. The van der Waals surface area contributed by atoms with Gasteiger partial charge in [-0.25, -0.2) is 9.78 Å². The molecule has 3 rings (SSSR count).